The molecule has 7 nitrogen and oxygen atoms in total. The molecule has 1 aliphatic rings. The first-order chi connectivity index (χ1) is 8.08. The van der Waals surface area contributed by atoms with Crippen LogP contribution in [-0.2, 0) is 6.54 Å². The molecule has 94 valence electrons. The van der Waals surface area contributed by atoms with Gasteiger partial charge in [0.1, 0.15) is 0 Å². The van der Waals surface area contributed by atoms with Crippen LogP contribution in [0.1, 0.15) is 5.69 Å². The van der Waals surface area contributed by atoms with E-state index in [2.05, 4.69) is 9.97 Å². The summed E-state index contributed by atoms with van der Waals surface area (Å²) in [7, 11) is 0. The van der Waals surface area contributed by atoms with E-state index in [-0.39, 0.29) is 12.5 Å². The molecular formula is C10H15N3O4. The fourth-order valence-corrected chi connectivity index (χ4v) is 2.10. The third kappa shape index (κ3) is 2.82. The maximum absolute atomic E-state index is 11.1. The molecule has 0 amide bonds. The van der Waals surface area contributed by atoms with Crippen LogP contribution in [0.4, 0.5) is 0 Å². The van der Waals surface area contributed by atoms with Crippen molar-refractivity contribution in [2.24, 2.45) is 5.92 Å². The number of hydrogen-bond donors (Lipinski definition) is 4. The van der Waals surface area contributed by atoms with Crippen molar-refractivity contribution in [3.63, 3.8) is 0 Å². The first kappa shape index (κ1) is 12.0. The first-order valence-corrected chi connectivity index (χ1v) is 5.42. The number of H-pyrrole nitrogens is 2. The molecule has 0 spiro atoms. The van der Waals surface area contributed by atoms with E-state index < -0.39 is 17.4 Å². The molecule has 0 aromatic carbocycles. The molecule has 1 saturated heterocycles. The summed E-state index contributed by atoms with van der Waals surface area (Å²) >= 11 is 0. The number of likely N-dealkylation sites (tertiary alicyclic amines) is 1. The summed E-state index contributed by atoms with van der Waals surface area (Å²) in [6, 6.07) is 1.32. The van der Waals surface area contributed by atoms with Crippen LogP contribution >= 0.6 is 0 Å². The van der Waals surface area contributed by atoms with Crippen molar-refractivity contribution in [3.05, 3.63) is 32.6 Å². The lowest BCUT2D eigenvalue weighted by Crippen LogP contribution is -2.28. The minimum Gasteiger partial charge on any atom is -0.396 e. The maximum Gasteiger partial charge on any atom is 0.325 e. The second-order valence-corrected chi connectivity index (χ2v) is 4.32. The van der Waals surface area contributed by atoms with Crippen molar-refractivity contribution in [3.8, 4) is 0 Å². The van der Waals surface area contributed by atoms with Crippen molar-refractivity contribution >= 4 is 0 Å². The lowest BCUT2D eigenvalue weighted by atomic mass is 10.1. The van der Waals surface area contributed by atoms with Crippen molar-refractivity contribution in [1.82, 2.24) is 14.9 Å². The van der Waals surface area contributed by atoms with Gasteiger partial charge in [0.25, 0.3) is 5.56 Å². The number of nitrogens with one attached hydrogen (secondary N) is 2. The highest BCUT2D eigenvalue weighted by atomic mass is 16.3. The molecule has 1 aromatic heterocycles. The molecule has 0 aliphatic carbocycles. The monoisotopic (exact) mass is 241 g/mol. The molecule has 1 fully saturated rings. The molecule has 7 heteroatoms. The van der Waals surface area contributed by atoms with Gasteiger partial charge in [0, 0.05) is 43.9 Å². The predicted molar refractivity (Wildman–Crippen MR) is 59.5 cm³/mol. The minimum atomic E-state index is -0.561. The van der Waals surface area contributed by atoms with Crippen LogP contribution < -0.4 is 11.2 Å². The Hall–Kier alpha value is -1.44. The van der Waals surface area contributed by atoms with Crippen molar-refractivity contribution in [2.75, 3.05) is 19.7 Å². The fourth-order valence-electron chi connectivity index (χ4n) is 2.10. The number of aromatic amines is 2. The van der Waals surface area contributed by atoms with Crippen molar-refractivity contribution < 1.29 is 10.2 Å². The molecule has 1 aromatic rings. The van der Waals surface area contributed by atoms with Gasteiger partial charge in [-0.2, -0.15) is 0 Å². The van der Waals surface area contributed by atoms with Gasteiger partial charge in [-0.1, -0.05) is 0 Å². The van der Waals surface area contributed by atoms with Gasteiger partial charge in [-0.15, -0.1) is 0 Å². The fraction of sp³-hybridized carbons (Fsp3) is 0.600. The van der Waals surface area contributed by atoms with Gasteiger partial charge in [-0.05, 0) is 0 Å². The topological polar surface area (TPSA) is 109 Å². The van der Waals surface area contributed by atoms with E-state index in [4.69, 9.17) is 5.11 Å². The van der Waals surface area contributed by atoms with Crippen LogP contribution in [0.3, 0.4) is 0 Å². The van der Waals surface area contributed by atoms with E-state index in [1.807, 2.05) is 4.90 Å². The van der Waals surface area contributed by atoms with Gasteiger partial charge < -0.3 is 15.2 Å². The van der Waals surface area contributed by atoms with Gasteiger partial charge in [-0.3, -0.25) is 14.7 Å². The molecule has 17 heavy (non-hydrogen) atoms. The van der Waals surface area contributed by atoms with Crippen LogP contribution in [0.2, 0.25) is 0 Å². The highest BCUT2D eigenvalue weighted by molar-refractivity contribution is 4.99. The molecule has 0 radical (unpaired) electrons. The highest BCUT2D eigenvalue weighted by Gasteiger charge is 2.30. The largest absolute Gasteiger partial charge is 0.396 e. The lowest BCUT2D eigenvalue weighted by Gasteiger charge is -2.14. The Morgan fingerprint density at radius 1 is 1.35 bits per heavy atom. The number of hydrogen-bond acceptors (Lipinski definition) is 5. The molecule has 0 saturated carbocycles. The lowest BCUT2D eigenvalue weighted by molar-refractivity contribution is 0.103. The Morgan fingerprint density at radius 3 is 2.71 bits per heavy atom. The summed E-state index contributed by atoms with van der Waals surface area (Å²) < 4.78 is 0. The average molecular weight is 241 g/mol. The molecular weight excluding hydrogens is 226 g/mol. The number of aromatic nitrogens is 2. The smallest absolute Gasteiger partial charge is 0.325 e. The predicted octanol–water partition coefficient (Wildman–Crippen LogP) is -2.15. The van der Waals surface area contributed by atoms with Crippen LogP contribution in [-0.4, -0.2) is 50.9 Å². The summed E-state index contributed by atoms with van der Waals surface area (Å²) in [6.07, 6.45) is -0.561. The van der Waals surface area contributed by atoms with Gasteiger partial charge in [0.05, 0.1) is 6.10 Å². The van der Waals surface area contributed by atoms with E-state index in [0.717, 1.165) is 0 Å². The molecule has 2 heterocycles. The Kier molecular flexibility index (Phi) is 3.41. The summed E-state index contributed by atoms with van der Waals surface area (Å²) in [5.41, 5.74) is -0.474. The van der Waals surface area contributed by atoms with E-state index >= 15 is 0 Å². The van der Waals surface area contributed by atoms with Gasteiger partial charge >= 0.3 is 5.69 Å². The molecule has 2 atom stereocenters. The van der Waals surface area contributed by atoms with Crippen LogP contribution in [0.25, 0.3) is 0 Å². The van der Waals surface area contributed by atoms with E-state index in [9.17, 15) is 14.7 Å². The zero-order valence-corrected chi connectivity index (χ0v) is 9.22. The van der Waals surface area contributed by atoms with Crippen LogP contribution in [0.15, 0.2) is 15.7 Å². The highest BCUT2D eigenvalue weighted by Crippen LogP contribution is 2.17. The minimum absolute atomic E-state index is 0.0659. The Balaban J connectivity index is 2.07. The van der Waals surface area contributed by atoms with Gasteiger partial charge in [0.2, 0.25) is 0 Å². The Bertz CT molecular complexity index is 467. The van der Waals surface area contributed by atoms with E-state index in [1.54, 1.807) is 0 Å². The Labute approximate surface area is 96.7 Å². The SMILES string of the molecule is O=c1cc(CN2C[C@H](CO)[C@@H](O)C2)[nH]c(=O)[nH]1. The van der Waals surface area contributed by atoms with E-state index in [1.165, 1.54) is 6.07 Å². The number of rotatable bonds is 3. The molecule has 0 unspecified atom stereocenters. The number of aliphatic hydroxyl groups excluding tert-OH is 2. The molecule has 2 rings (SSSR count). The van der Waals surface area contributed by atoms with Gasteiger partial charge in [0.15, 0.2) is 0 Å². The second kappa shape index (κ2) is 4.82. The normalized spacial score (nSPS) is 25.3. The number of aliphatic hydroxyl groups is 2. The second-order valence-electron chi connectivity index (χ2n) is 4.32. The van der Waals surface area contributed by atoms with Crippen molar-refractivity contribution in [1.29, 1.82) is 0 Å². The zero-order valence-electron chi connectivity index (χ0n) is 9.22. The third-order valence-corrected chi connectivity index (χ3v) is 2.93. The summed E-state index contributed by atoms with van der Waals surface area (Å²) in [6.45, 7) is 1.29. The first-order valence-electron chi connectivity index (χ1n) is 5.42. The zero-order chi connectivity index (χ0) is 12.4. The molecule has 4 N–H and O–H groups in total. The third-order valence-electron chi connectivity index (χ3n) is 2.93. The average Bonchev–Trinajstić information content (AvgIpc) is 2.57. The summed E-state index contributed by atoms with van der Waals surface area (Å²) in [5.74, 6) is -0.163. The summed E-state index contributed by atoms with van der Waals surface area (Å²) in [5, 5.41) is 18.6. The standard InChI is InChI=1S/C10H15N3O4/c14-5-6-2-13(4-8(6)15)3-7-1-9(16)12-10(17)11-7/h1,6,8,14-15H,2-5H2,(H2,11,12,16,17)/t6-,8+/m1/s1. The summed E-state index contributed by atoms with van der Waals surface area (Å²) in [4.78, 5) is 28.6. The quantitative estimate of drug-likeness (QED) is 0.482. The van der Waals surface area contributed by atoms with E-state index in [0.29, 0.717) is 25.3 Å². The van der Waals surface area contributed by atoms with Gasteiger partial charge in [-0.25, -0.2) is 4.79 Å². The number of β-amino-alcohol motifs (C(OH)–C–C–N with tert-alkyl or cyclic N) is 1. The maximum atomic E-state index is 11.1. The molecule has 0 bridgehead atoms. The van der Waals surface area contributed by atoms with Crippen LogP contribution in [0, 0.1) is 5.92 Å². The number of nitrogens with zero attached hydrogens (tertiary/aromatic N) is 1. The molecule has 1 aliphatic heterocycles. The Morgan fingerprint density at radius 2 is 2.12 bits per heavy atom. The van der Waals surface area contributed by atoms with Crippen molar-refractivity contribution in [2.45, 2.75) is 12.6 Å². The van der Waals surface area contributed by atoms with Crippen LogP contribution in [0.5, 0.6) is 0 Å².